The molecule has 2 aliphatic rings. The van der Waals surface area contributed by atoms with Crippen molar-refractivity contribution in [2.45, 2.75) is 25.5 Å². The number of rotatable bonds is 4. The Morgan fingerprint density at radius 1 is 1.07 bits per heavy atom. The summed E-state index contributed by atoms with van der Waals surface area (Å²) >= 11 is 0. The van der Waals surface area contributed by atoms with Gasteiger partial charge in [-0.1, -0.05) is 6.07 Å². The number of carbonyl (C=O) groups is 1. The first kappa shape index (κ1) is 17.6. The number of alkyl halides is 2. The number of amides is 1. The smallest absolute Gasteiger partial charge is 0.387 e. The number of nitrogens with zero attached hydrogens (tertiary/aromatic N) is 1. The highest BCUT2D eigenvalue weighted by molar-refractivity contribution is 5.94. The highest BCUT2D eigenvalue weighted by Gasteiger charge is 2.31. The molecule has 5 nitrogen and oxygen atoms in total. The molecule has 2 aromatic rings. The predicted octanol–water partition coefficient (Wildman–Crippen LogP) is 4.04. The van der Waals surface area contributed by atoms with Crippen molar-refractivity contribution >= 4 is 5.91 Å². The van der Waals surface area contributed by atoms with E-state index in [1.54, 1.807) is 0 Å². The molecule has 0 aromatic heterocycles. The maximum atomic E-state index is 12.9. The molecule has 1 fully saturated rings. The maximum Gasteiger partial charge on any atom is 0.387 e. The highest BCUT2D eigenvalue weighted by Crippen LogP contribution is 2.38. The Morgan fingerprint density at radius 2 is 1.81 bits per heavy atom. The molecule has 0 N–H and O–H groups in total. The van der Waals surface area contributed by atoms with Crippen molar-refractivity contribution in [2.75, 3.05) is 19.8 Å². The first-order valence-corrected chi connectivity index (χ1v) is 8.87. The van der Waals surface area contributed by atoms with Crippen LogP contribution in [0, 0.1) is 0 Å². The number of hydrogen-bond acceptors (Lipinski definition) is 4. The second-order valence-electron chi connectivity index (χ2n) is 6.46. The van der Waals surface area contributed by atoms with E-state index in [0.29, 0.717) is 31.1 Å². The van der Waals surface area contributed by atoms with Crippen LogP contribution in [0.15, 0.2) is 42.5 Å². The fourth-order valence-electron chi connectivity index (χ4n) is 3.57. The van der Waals surface area contributed by atoms with Crippen molar-refractivity contribution in [3.05, 3.63) is 53.6 Å². The van der Waals surface area contributed by atoms with Crippen LogP contribution in [-0.2, 0) is 0 Å². The molecule has 1 atom stereocenters. The van der Waals surface area contributed by atoms with E-state index < -0.39 is 6.61 Å². The summed E-state index contributed by atoms with van der Waals surface area (Å²) in [6, 6.07) is 11.5. The van der Waals surface area contributed by atoms with Gasteiger partial charge in [0.1, 0.15) is 19.0 Å². The summed E-state index contributed by atoms with van der Waals surface area (Å²) in [7, 11) is 0. The monoisotopic (exact) mass is 375 g/mol. The number of ether oxygens (including phenoxy) is 3. The number of likely N-dealkylation sites (tertiary alicyclic amines) is 1. The first-order chi connectivity index (χ1) is 13.1. The molecule has 2 aliphatic heterocycles. The zero-order chi connectivity index (χ0) is 18.8. The van der Waals surface area contributed by atoms with Gasteiger partial charge in [-0.25, -0.2) is 0 Å². The minimum atomic E-state index is -2.88. The molecule has 2 heterocycles. The summed E-state index contributed by atoms with van der Waals surface area (Å²) in [4.78, 5) is 14.7. The van der Waals surface area contributed by atoms with Gasteiger partial charge in [0, 0.05) is 12.1 Å². The molecule has 0 bridgehead atoms. The quantitative estimate of drug-likeness (QED) is 0.809. The van der Waals surface area contributed by atoms with Crippen molar-refractivity contribution in [3.8, 4) is 17.2 Å². The first-order valence-electron chi connectivity index (χ1n) is 8.87. The lowest BCUT2D eigenvalue weighted by Gasteiger charge is -2.27. The minimum absolute atomic E-state index is 0.0337. The third-order valence-electron chi connectivity index (χ3n) is 4.79. The summed E-state index contributed by atoms with van der Waals surface area (Å²) in [5.41, 5.74) is 1.45. The number of benzene rings is 2. The number of fused-ring (bicyclic) bond motifs is 1. The Balaban J connectivity index is 1.53. The van der Waals surface area contributed by atoms with Crippen LogP contribution in [0.5, 0.6) is 17.2 Å². The molecule has 4 rings (SSSR count). The maximum absolute atomic E-state index is 12.9. The third kappa shape index (κ3) is 3.67. The van der Waals surface area contributed by atoms with Gasteiger partial charge in [0.05, 0.1) is 6.04 Å². The summed E-state index contributed by atoms with van der Waals surface area (Å²) < 4.78 is 40.1. The average Bonchev–Trinajstić information content (AvgIpc) is 3.17. The average molecular weight is 375 g/mol. The molecular formula is C20H19F2NO4. The van der Waals surface area contributed by atoms with E-state index in [-0.39, 0.29) is 17.7 Å². The Labute approximate surface area is 155 Å². The summed E-state index contributed by atoms with van der Waals surface area (Å²) in [6.45, 7) is -1.19. The van der Waals surface area contributed by atoms with Crippen molar-refractivity contribution in [1.29, 1.82) is 0 Å². The molecule has 0 radical (unpaired) electrons. The Morgan fingerprint density at radius 3 is 2.56 bits per heavy atom. The van der Waals surface area contributed by atoms with Gasteiger partial charge in [0.15, 0.2) is 11.5 Å². The van der Waals surface area contributed by atoms with E-state index >= 15 is 0 Å². The van der Waals surface area contributed by atoms with Crippen molar-refractivity contribution in [2.24, 2.45) is 0 Å². The van der Waals surface area contributed by atoms with E-state index in [2.05, 4.69) is 4.74 Å². The fraction of sp³-hybridized carbons (Fsp3) is 0.350. The summed E-state index contributed by atoms with van der Waals surface area (Å²) in [5, 5.41) is 0. The molecule has 0 aliphatic carbocycles. The molecule has 7 heteroatoms. The predicted molar refractivity (Wildman–Crippen MR) is 93.5 cm³/mol. The lowest BCUT2D eigenvalue weighted by atomic mass is 10.0. The molecule has 1 amide bonds. The van der Waals surface area contributed by atoms with Crippen molar-refractivity contribution in [1.82, 2.24) is 4.90 Å². The van der Waals surface area contributed by atoms with Crippen LogP contribution >= 0.6 is 0 Å². The van der Waals surface area contributed by atoms with Gasteiger partial charge in [0.25, 0.3) is 5.91 Å². The molecule has 0 spiro atoms. The van der Waals surface area contributed by atoms with Crippen LogP contribution < -0.4 is 14.2 Å². The second-order valence-corrected chi connectivity index (χ2v) is 6.46. The Bertz CT molecular complexity index is 825. The van der Waals surface area contributed by atoms with Crippen LogP contribution in [0.1, 0.15) is 34.8 Å². The zero-order valence-corrected chi connectivity index (χ0v) is 14.6. The number of hydrogen-bond donors (Lipinski definition) is 0. The van der Waals surface area contributed by atoms with Crippen LogP contribution in [0.25, 0.3) is 0 Å². The van der Waals surface area contributed by atoms with Gasteiger partial charge < -0.3 is 19.1 Å². The summed E-state index contributed by atoms with van der Waals surface area (Å²) in [5.74, 6) is 1.32. The zero-order valence-electron chi connectivity index (χ0n) is 14.6. The van der Waals surface area contributed by atoms with Gasteiger partial charge in [-0.15, -0.1) is 0 Å². The number of halogens is 2. The molecule has 0 saturated carbocycles. The minimum Gasteiger partial charge on any atom is -0.486 e. The van der Waals surface area contributed by atoms with Gasteiger partial charge in [-0.3, -0.25) is 4.79 Å². The third-order valence-corrected chi connectivity index (χ3v) is 4.79. The van der Waals surface area contributed by atoms with Gasteiger partial charge >= 0.3 is 6.61 Å². The Kier molecular flexibility index (Phi) is 4.83. The largest absolute Gasteiger partial charge is 0.486 e. The van der Waals surface area contributed by atoms with Gasteiger partial charge in [-0.2, -0.15) is 8.78 Å². The molecular weight excluding hydrogens is 356 g/mol. The van der Waals surface area contributed by atoms with Crippen LogP contribution in [0.3, 0.4) is 0 Å². The molecule has 142 valence electrons. The van der Waals surface area contributed by atoms with Crippen LogP contribution in [0.4, 0.5) is 8.78 Å². The molecule has 1 saturated heterocycles. The van der Waals surface area contributed by atoms with E-state index in [1.807, 2.05) is 23.1 Å². The van der Waals surface area contributed by atoms with E-state index in [1.165, 1.54) is 24.3 Å². The Hall–Kier alpha value is -2.83. The van der Waals surface area contributed by atoms with Crippen molar-refractivity contribution < 1.29 is 27.8 Å². The lowest BCUT2D eigenvalue weighted by molar-refractivity contribution is -0.0498. The van der Waals surface area contributed by atoms with E-state index in [0.717, 1.165) is 24.2 Å². The van der Waals surface area contributed by atoms with Crippen molar-refractivity contribution in [3.63, 3.8) is 0 Å². The van der Waals surface area contributed by atoms with E-state index in [9.17, 15) is 13.6 Å². The summed E-state index contributed by atoms with van der Waals surface area (Å²) in [6.07, 6.45) is 1.76. The second kappa shape index (κ2) is 7.42. The van der Waals surface area contributed by atoms with Crippen LogP contribution in [-0.4, -0.2) is 37.2 Å². The van der Waals surface area contributed by atoms with Crippen LogP contribution in [0.2, 0.25) is 0 Å². The SMILES string of the molecule is O=C(c1ccc(OC(F)F)cc1)N1CCC[C@H]1c1ccc2c(c1)OCCO2. The van der Waals surface area contributed by atoms with E-state index in [4.69, 9.17) is 9.47 Å². The molecule has 0 unspecified atom stereocenters. The van der Waals surface area contributed by atoms with Gasteiger partial charge in [0.2, 0.25) is 0 Å². The normalized spacial score (nSPS) is 18.6. The lowest BCUT2D eigenvalue weighted by Crippen LogP contribution is -2.30. The molecule has 27 heavy (non-hydrogen) atoms. The molecule has 2 aromatic carbocycles. The standard InChI is InChI=1S/C20H19F2NO4/c21-20(22)27-15-6-3-13(4-7-15)19(24)23-9-1-2-16(23)14-5-8-17-18(12-14)26-11-10-25-17/h3-8,12,16,20H,1-2,9-11H2/t16-/m0/s1. The topological polar surface area (TPSA) is 48.0 Å². The van der Waals surface area contributed by atoms with Gasteiger partial charge in [-0.05, 0) is 54.8 Å². The fourth-order valence-corrected chi connectivity index (χ4v) is 3.57. The number of carbonyl (C=O) groups excluding carboxylic acids is 1. The highest BCUT2D eigenvalue weighted by atomic mass is 19.3.